The summed E-state index contributed by atoms with van der Waals surface area (Å²) >= 11 is 2.87. The Labute approximate surface area is 115 Å². The van der Waals surface area contributed by atoms with Gasteiger partial charge in [-0.3, -0.25) is 0 Å². The molecule has 0 aliphatic heterocycles. The van der Waals surface area contributed by atoms with E-state index in [0.717, 1.165) is 11.0 Å². The molecular formula is C11H12CrO6. The molecule has 0 aliphatic carbocycles. The molecule has 0 aromatic carbocycles. The molecule has 0 aliphatic rings. The van der Waals surface area contributed by atoms with Crippen LogP contribution in [0.25, 0.3) is 0 Å². The van der Waals surface area contributed by atoms with Gasteiger partial charge in [0.15, 0.2) is 0 Å². The van der Waals surface area contributed by atoms with Crippen LogP contribution in [0.3, 0.4) is 0 Å². The summed E-state index contributed by atoms with van der Waals surface area (Å²) in [6, 6.07) is 0. The van der Waals surface area contributed by atoms with Gasteiger partial charge in [-0.05, 0) is 0 Å². The summed E-state index contributed by atoms with van der Waals surface area (Å²) in [5.74, 6) is 0.556. The molecule has 0 aromatic rings. The second-order valence-electron chi connectivity index (χ2n) is 1.83. The number of methoxy groups -OCH3 is 1. The summed E-state index contributed by atoms with van der Waals surface area (Å²) in [5.41, 5.74) is 0. The van der Waals surface area contributed by atoms with Crippen LogP contribution in [0.1, 0.15) is 20.3 Å². The molecule has 0 rings (SSSR count). The average molecular weight is 292 g/mol. The van der Waals surface area contributed by atoms with Gasteiger partial charge in [-0.1, -0.05) is 0 Å². The van der Waals surface area contributed by atoms with Crippen molar-refractivity contribution in [3.63, 3.8) is 0 Å². The Kier molecular flexibility index (Phi) is 146. The van der Waals surface area contributed by atoms with E-state index < -0.39 is 0 Å². The fourth-order valence-corrected chi connectivity index (χ4v) is 0.628. The van der Waals surface area contributed by atoms with E-state index in [1.165, 1.54) is 0 Å². The predicted molar refractivity (Wildman–Crippen MR) is 51.1 cm³/mol. The van der Waals surface area contributed by atoms with Crippen LogP contribution < -0.4 is 0 Å². The summed E-state index contributed by atoms with van der Waals surface area (Å²) in [5, 5.41) is 0. The third-order valence-corrected chi connectivity index (χ3v) is 2.10. The first-order chi connectivity index (χ1) is 8.72. The molecule has 7 heteroatoms. The van der Waals surface area contributed by atoms with Crippen molar-refractivity contribution < 1.29 is 43.8 Å². The van der Waals surface area contributed by atoms with Gasteiger partial charge in [0, 0.05) is 0 Å². The summed E-state index contributed by atoms with van der Waals surface area (Å²) in [7, 11) is 1.69. The van der Waals surface area contributed by atoms with Crippen molar-refractivity contribution in [3.8, 4) is 0 Å². The second kappa shape index (κ2) is 73.1. The number of hydrogen-bond donors (Lipinski definition) is 0. The van der Waals surface area contributed by atoms with Crippen LogP contribution in [0.5, 0.6) is 0 Å². The van der Waals surface area contributed by atoms with Gasteiger partial charge in [-0.2, -0.15) is 0 Å². The Morgan fingerprint density at radius 2 is 1.17 bits per heavy atom. The van der Waals surface area contributed by atoms with Crippen LogP contribution in [0.2, 0.25) is 0 Å². The SMILES string of the molecule is CCC(C)[C](=[Cr])OC.[C-]#[O+].[C-]#[O+].[C-]#[O+].[C-]#[O+].[C-]#[O+]. The Morgan fingerprint density at radius 3 is 1.22 bits per heavy atom. The Balaban J connectivity index is -0.0000000304. The van der Waals surface area contributed by atoms with Crippen LogP contribution in [-0.2, 0) is 43.8 Å². The van der Waals surface area contributed by atoms with Gasteiger partial charge in [0.1, 0.15) is 0 Å². The van der Waals surface area contributed by atoms with E-state index in [1.54, 1.807) is 7.11 Å². The first-order valence-electron chi connectivity index (χ1n) is 3.82. The number of hydrogen-bond acceptors (Lipinski definition) is 1. The molecule has 18 heavy (non-hydrogen) atoms. The van der Waals surface area contributed by atoms with Crippen molar-refractivity contribution in [2.45, 2.75) is 20.3 Å². The molecule has 0 fully saturated rings. The standard InChI is InChI=1S/C6H12O.5CO.Cr/c1-4-6(2)5-7-3;5*1-2;/h6H,4H2,1-3H3;;;;;;. The zero-order valence-corrected chi connectivity index (χ0v) is 11.4. The van der Waals surface area contributed by atoms with Crippen molar-refractivity contribution >= 4 is 4.57 Å². The Hall–Kier alpha value is -0.938. The van der Waals surface area contributed by atoms with E-state index in [9.17, 15) is 0 Å². The van der Waals surface area contributed by atoms with Gasteiger partial charge in [0.05, 0.1) is 0 Å². The third-order valence-electron chi connectivity index (χ3n) is 1.22. The van der Waals surface area contributed by atoms with E-state index in [1.807, 2.05) is 0 Å². The van der Waals surface area contributed by atoms with Crippen LogP contribution in [0.15, 0.2) is 0 Å². The molecule has 0 bridgehead atoms. The number of ether oxygens (including phenoxy) is 1. The van der Waals surface area contributed by atoms with Crippen LogP contribution in [-0.4, -0.2) is 11.7 Å². The maximum atomic E-state index is 7.50. The topological polar surface area (TPSA) is 109 Å². The fraction of sp³-hybridized carbons (Fsp3) is 0.455. The van der Waals surface area contributed by atoms with Crippen molar-refractivity contribution in [3.05, 3.63) is 33.3 Å². The molecule has 0 N–H and O–H groups in total. The normalized spacial score (nSPS) is 6.50. The first-order valence-corrected chi connectivity index (χ1v) is 4.46. The molecule has 0 amide bonds. The Bertz CT molecular complexity index is 203. The van der Waals surface area contributed by atoms with Crippen LogP contribution in [0, 0.1) is 39.2 Å². The maximum absolute atomic E-state index is 7.50. The van der Waals surface area contributed by atoms with Crippen molar-refractivity contribution in [2.24, 2.45) is 5.92 Å². The van der Waals surface area contributed by atoms with Crippen molar-refractivity contribution in [2.75, 3.05) is 7.11 Å². The second-order valence-corrected chi connectivity index (χ2v) is 2.46. The van der Waals surface area contributed by atoms with Gasteiger partial charge < -0.3 is 0 Å². The molecule has 0 heterocycles. The molecule has 1 unspecified atom stereocenters. The summed E-state index contributed by atoms with van der Waals surface area (Å²) in [6.07, 6.45) is 1.14. The zero-order chi connectivity index (χ0) is 16.6. The molecule has 1 atom stereocenters. The van der Waals surface area contributed by atoms with Crippen LogP contribution >= 0.6 is 0 Å². The molecule has 0 radical (unpaired) electrons. The van der Waals surface area contributed by atoms with E-state index in [2.05, 4.69) is 63.0 Å². The summed E-state index contributed by atoms with van der Waals surface area (Å²) in [4.78, 5) is 0. The Morgan fingerprint density at radius 1 is 0.944 bits per heavy atom. The molecule has 98 valence electrons. The molecule has 0 aromatic heterocycles. The van der Waals surface area contributed by atoms with E-state index in [0.29, 0.717) is 5.92 Å². The third kappa shape index (κ3) is 59.7. The minimum atomic E-state index is 0.556. The minimum absolute atomic E-state index is 0.556. The van der Waals surface area contributed by atoms with Gasteiger partial charge in [-0.25, -0.2) is 0 Å². The molecule has 0 saturated carbocycles. The van der Waals surface area contributed by atoms with Gasteiger partial charge in [0.2, 0.25) is 0 Å². The average Bonchev–Trinajstić information content (AvgIpc) is 2.55. The number of rotatable bonds is 3. The van der Waals surface area contributed by atoms with E-state index >= 15 is 0 Å². The van der Waals surface area contributed by atoms with Gasteiger partial charge in [-0.15, -0.1) is 0 Å². The molecular weight excluding hydrogens is 280 g/mol. The van der Waals surface area contributed by atoms with Crippen molar-refractivity contribution in [1.29, 1.82) is 0 Å². The predicted octanol–water partition coefficient (Wildman–Crippen LogP) is 1.17. The molecule has 0 saturated heterocycles. The fourth-order valence-electron chi connectivity index (χ4n) is 0.368. The summed E-state index contributed by atoms with van der Waals surface area (Å²) < 4.78 is 43.5. The molecule has 6 nitrogen and oxygen atoms in total. The first kappa shape index (κ1) is 36.0. The van der Waals surface area contributed by atoms with Crippen LogP contribution in [0.4, 0.5) is 0 Å². The zero-order valence-electron chi connectivity index (χ0n) is 10.1. The van der Waals surface area contributed by atoms with E-state index in [-0.39, 0.29) is 0 Å². The summed E-state index contributed by atoms with van der Waals surface area (Å²) in [6.45, 7) is 26.8. The quantitative estimate of drug-likeness (QED) is 0.564. The van der Waals surface area contributed by atoms with Gasteiger partial charge >= 0.3 is 115 Å². The van der Waals surface area contributed by atoms with Crippen molar-refractivity contribution in [1.82, 2.24) is 0 Å². The van der Waals surface area contributed by atoms with E-state index in [4.69, 9.17) is 28.0 Å². The molecule has 0 spiro atoms. The van der Waals surface area contributed by atoms with Gasteiger partial charge in [0.25, 0.3) is 0 Å². The monoisotopic (exact) mass is 292 g/mol.